The Kier molecular flexibility index (Phi) is 6.82. The first-order chi connectivity index (χ1) is 16.6. The van der Waals surface area contributed by atoms with Crippen LogP contribution in [0.2, 0.25) is 5.02 Å². The second-order valence-electron chi connectivity index (χ2n) is 8.29. The molecule has 0 saturated carbocycles. The number of aromatic nitrogens is 3. The van der Waals surface area contributed by atoms with E-state index in [-0.39, 0.29) is 37.4 Å². The molecule has 184 valence electrons. The molecule has 0 bridgehead atoms. The van der Waals surface area contributed by atoms with Crippen LogP contribution in [0.1, 0.15) is 18.9 Å². The lowest BCUT2D eigenvalue weighted by atomic mass is 10.1. The fraction of sp³-hybridized carbons (Fsp3) is 0.280. The average molecular weight is 504 g/mol. The lowest BCUT2D eigenvalue weighted by molar-refractivity contribution is -0.158. The van der Waals surface area contributed by atoms with Gasteiger partial charge in [0.25, 0.3) is 5.56 Å². The van der Waals surface area contributed by atoms with Gasteiger partial charge in [0.1, 0.15) is 11.3 Å². The van der Waals surface area contributed by atoms with Crippen molar-refractivity contribution in [1.29, 1.82) is 0 Å². The molecule has 0 spiro atoms. The summed E-state index contributed by atoms with van der Waals surface area (Å²) in [5, 5.41) is 9.78. The van der Waals surface area contributed by atoms with Gasteiger partial charge in [0.05, 0.1) is 11.2 Å². The highest BCUT2D eigenvalue weighted by molar-refractivity contribution is 6.30. The van der Waals surface area contributed by atoms with Crippen molar-refractivity contribution in [3.8, 4) is 17.0 Å². The molecule has 0 aliphatic rings. The summed E-state index contributed by atoms with van der Waals surface area (Å²) in [4.78, 5) is 26.4. The van der Waals surface area contributed by atoms with Crippen molar-refractivity contribution in [2.45, 2.75) is 32.5 Å². The monoisotopic (exact) mass is 503 g/mol. The second-order valence-corrected chi connectivity index (χ2v) is 8.73. The summed E-state index contributed by atoms with van der Waals surface area (Å²) in [6, 6.07) is 15.0. The maximum Gasteiger partial charge on any atom is 0.394 e. The zero-order chi connectivity index (χ0) is 25.3. The Hall–Kier alpha value is -3.43. The normalized spacial score (nSPS) is 11.8. The first kappa shape index (κ1) is 24.7. The van der Waals surface area contributed by atoms with Gasteiger partial charge in [0, 0.05) is 44.3 Å². The fourth-order valence-corrected chi connectivity index (χ4v) is 4.17. The Bertz CT molecular complexity index is 1480. The Labute approximate surface area is 204 Å². The van der Waals surface area contributed by atoms with Crippen molar-refractivity contribution in [2.75, 3.05) is 6.61 Å². The van der Waals surface area contributed by atoms with Crippen LogP contribution >= 0.6 is 11.6 Å². The van der Waals surface area contributed by atoms with Crippen molar-refractivity contribution in [2.24, 2.45) is 7.05 Å². The minimum atomic E-state index is -3.36. The lowest BCUT2D eigenvalue weighted by Gasteiger charge is -2.15. The number of rotatable bonds is 8. The summed E-state index contributed by atoms with van der Waals surface area (Å²) in [6.07, 6.45) is -3.12. The number of hydrogen-bond acceptors (Lipinski definition) is 4. The molecule has 2 aromatic carbocycles. The largest absolute Gasteiger partial charge is 0.433 e. The van der Waals surface area contributed by atoms with E-state index in [4.69, 9.17) is 16.3 Å². The maximum absolute atomic E-state index is 13.5. The molecule has 0 aliphatic heterocycles. The predicted molar refractivity (Wildman–Crippen MR) is 130 cm³/mol. The number of aliphatic hydroxyl groups is 1. The van der Waals surface area contributed by atoms with E-state index in [0.717, 1.165) is 10.1 Å². The number of aliphatic hydroxyl groups excluding tert-OH is 1. The highest BCUT2D eigenvalue weighted by Crippen LogP contribution is 2.31. The Morgan fingerprint density at radius 1 is 1.06 bits per heavy atom. The van der Waals surface area contributed by atoms with Crippen LogP contribution in [0.25, 0.3) is 22.3 Å². The number of ether oxygens (including phenoxy) is 1. The molecular formula is C25H24ClF2N3O4. The number of fused-ring (bicyclic) bond motifs is 1. The van der Waals surface area contributed by atoms with Gasteiger partial charge in [-0.1, -0.05) is 35.9 Å². The summed E-state index contributed by atoms with van der Waals surface area (Å²) in [7, 11) is 1.56. The Balaban J connectivity index is 1.98. The second kappa shape index (κ2) is 9.67. The molecule has 0 unspecified atom stereocenters. The zero-order valence-corrected chi connectivity index (χ0v) is 19.9. The molecule has 7 nitrogen and oxygen atoms in total. The van der Waals surface area contributed by atoms with Gasteiger partial charge >= 0.3 is 11.8 Å². The third-order valence-electron chi connectivity index (χ3n) is 5.62. The molecule has 0 atom stereocenters. The molecule has 0 radical (unpaired) electrons. The van der Waals surface area contributed by atoms with Crippen molar-refractivity contribution >= 4 is 22.6 Å². The third-order valence-corrected chi connectivity index (χ3v) is 5.88. The average Bonchev–Trinajstić information content (AvgIpc) is 3.18. The molecule has 0 fully saturated rings. The van der Waals surface area contributed by atoms with Gasteiger partial charge in [0.15, 0.2) is 0 Å². The van der Waals surface area contributed by atoms with Gasteiger partial charge in [0.2, 0.25) is 0 Å². The van der Waals surface area contributed by atoms with E-state index < -0.39 is 17.4 Å². The van der Waals surface area contributed by atoms with Gasteiger partial charge in [-0.2, -0.15) is 8.78 Å². The minimum Gasteiger partial charge on any atom is -0.433 e. The fourth-order valence-electron chi connectivity index (χ4n) is 4.04. The van der Waals surface area contributed by atoms with Crippen LogP contribution in [0.4, 0.5) is 8.78 Å². The number of alkyl halides is 2. The van der Waals surface area contributed by atoms with E-state index in [1.807, 2.05) is 12.1 Å². The minimum absolute atomic E-state index is 0.0347. The third kappa shape index (κ3) is 5.16. The molecule has 4 rings (SSSR count). The summed E-state index contributed by atoms with van der Waals surface area (Å²) < 4.78 is 35.9. The Morgan fingerprint density at radius 3 is 2.43 bits per heavy atom. The molecule has 2 aromatic heterocycles. The van der Waals surface area contributed by atoms with Gasteiger partial charge in [-0.25, -0.2) is 4.79 Å². The summed E-state index contributed by atoms with van der Waals surface area (Å²) in [6.45, 7) is 0.814. The summed E-state index contributed by atoms with van der Waals surface area (Å²) >= 11 is 6.02. The van der Waals surface area contributed by atoms with Crippen LogP contribution in [0.15, 0.2) is 64.2 Å². The highest BCUT2D eigenvalue weighted by Gasteiger charge is 2.24. The molecule has 2 heterocycles. The van der Waals surface area contributed by atoms with Crippen LogP contribution in [0.3, 0.4) is 0 Å². The van der Waals surface area contributed by atoms with E-state index in [1.54, 1.807) is 41.9 Å². The molecule has 0 saturated heterocycles. The number of halogens is 3. The maximum atomic E-state index is 13.5. The topological polar surface area (TPSA) is 78.4 Å². The number of benzene rings is 2. The number of nitrogens with zero attached hydrogens (tertiary/aromatic N) is 3. The van der Waals surface area contributed by atoms with Crippen molar-refractivity contribution in [3.63, 3.8) is 0 Å². The van der Waals surface area contributed by atoms with E-state index in [0.29, 0.717) is 28.7 Å². The first-order valence-electron chi connectivity index (χ1n) is 10.9. The van der Waals surface area contributed by atoms with Crippen LogP contribution in [-0.2, 0) is 20.1 Å². The van der Waals surface area contributed by atoms with E-state index in [9.17, 15) is 23.5 Å². The first-order valence-corrected chi connectivity index (χ1v) is 11.3. The molecule has 1 N–H and O–H groups in total. The van der Waals surface area contributed by atoms with Crippen molar-refractivity contribution in [3.05, 3.63) is 86.0 Å². The van der Waals surface area contributed by atoms with Gasteiger partial charge in [-0.05, 0) is 42.3 Å². The van der Waals surface area contributed by atoms with E-state index in [2.05, 4.69) is 0 Å². The van der Waals surface area contributed by atoms with Crippen molar-refractivity contribution in [1.82, 2.24) is 13.7 Å². The van der Waals surface area contributed by atoms with Crippen LogP contribution in [0, 0.1) is 0 Å². The van der Waals surface area contributed by atoms with Gasteiger partial charge in [-0.15, -0.1) is 0 Å². The molecule has 10 heteroatoms. The summed E-state index contributed by atoms with van der Waals surface area (Å²) in [5.41, 5.74) is 1.60. The molecule has 4 aromatic rings. The zero-order valence-electron chi connectivity index (χ0n) is 19.2. The van der Waals surface area contributed by atoms with Crippen molar-refractivity contribution < 1.29 is 18.6 Å². The smallest absolute Gasteiger partial charge is 0.394 e. The molecule has 0 aliphatic carbocycles. The lowest BCUT2D eigenvalue weighted by Crippen LogP contribution is -2.39. The van der Waals surface area contributed by atoms with E-state index in [1.165, 1.54) is 16.7 Å². The van der Waals surface area contributed by atoms with Crippen LogP contribution < -0.4 is 16.0 Å². The van der Waals surface area contributed by atoms with E-state index >= 15 is 0 Å². The Morgan fingerprint density at radius 2 is 1.77 bits per heavy atom. The molecule has 0 amide bonds. The van der Waals surface area contributed by atoms with Crippen LogP contribution in [0.5, 0.6) is 5.75 Å². The predicted octanol–water partition coefficient (Wildman–Crippen LogP) is 4.24. The molecule has 35 heavy (non-hydrogen) atoms. The molecular weight excluding hydrogens is 480 g/mol. The number of aryl methyl sites for hydroxylation is 1. The quantitative estimate of drug-likeness (QED) is 0.390. The van der Waals surface area contributed by atoms with Crippen LogP contribution in [-0.4, -0.2) is 31.5 Å². The summed E-state index contributed by atoms with van der Waals surface area (Å²) in [5.74, 6) is -0.0347. The highest BCUT2D eigenvalue weighted by atomic mass is 35.5. The standard InChI is InChI=1S/C25H24ClF2N3O4/c1-25(27,28)35-19-6-3-5-17(13-19)20-14-21-22(31(20)15-16-7-9-18(26)10-8-16)23(33)30(11-4-12-32)24(34)29(21)2/h3,5-10,13-14,32H,4,11-12,15H2,1-2H3. The number of hydrogen-bond donors (Lipinski definition) is 1. The van der Waals surface area contributed by atoms with Gasteiger partial charge in [-0.3, -0.25) is 13.9 Å². The van der Waals surface area contributed by atoms with Gasteiger partial charge < -0.3 is 14.4 Å². The SMILES string of the molecule is Cn1c(=O)n(CCCO)c(=O)c2c1cc(-c1cccc(OC(C)(F)F)c1)n2Cc1ccc(Cl)cc1.